The highest BCUT2D eigenvalue weighted by Gasteiger charge is 2.33. The van der Waals surface area contributed by atoms with E-state index in [1.165, 1.54) is 35.1 Å². The van der Waals surface area contributed by atoms with Crippen LogP contribution in [-0.2, 0) is 25.4 Å². The molecule has 31 heavy (non-hydrogen) atoms. The standard InChI is InChI=1S/C11H14N2S.C9H10N4O4/c1-8-10(14-11(12)13(8)2)9-6-4-3-5-7-9;1-11-7-6(8(16)12(2)9(11)17)13(4-10-7)3-5(14)15/h3-8,10,12H,1-2H3;4H,3H2,1-2H3,(H,14,15). The third-order valence-corrected chi connectivity index (χ3v) is 6.69. The summed E-state index contributed by atoms with van der Waals surface area (Å²) < 4.78 is 3.33. The number of rotatable bonds is 3. The zero-order chi connectivity index (χ0) is 22.9. The quantitative estimate of drug-likeness (QED) is 0.622. The summed E-state index contributed by atoms with van der Waals surface area (Å²) in [7, 11) is 4.80. The fourth-order valence-corrected chi connectivity index (χ4v) is 4.59. The molecule has 2 aromatic heterocycles. The molecule has 0 bridgehead atoms. The van der Waals surface area contributed by atoms with Crippen molar-refractivity contribution in [3.8, 4) is 0 Å². The van der Waals surface area contributed by atoms with Gasteiger partial charge in [-0.1, -0.05) is 42.1 Å². The van der Waals surface area contributed by atoms with Crippen LogP contribution < -0.4 is 11.2 Å². The molecule has 0 saturated carbocycles. The minimum atomic E-state index is -1.08. The van der Waals surface area contributed by atoms with Crippen molar-refractivity contribution in [2.24, 2.45) is 14.1 Å². The van der Waals surface area contributed by atoms with Crippen molar-refractivity contribution in [3.05, 3.63) is 63.1 Å². The summed E-state index contributed by atoms with van der Waals surface area (Å²) in [4.78, 5) is 40.0. The highest BCUT2D eigenvalue weighted by molar-refractivity contribution is 8.14. The predicted octanol–water partition coefficient (Wildman–Crippen LogP) is 1.25. The number of hydrogen-bond acceptors (Lipinski definition) is 6. The van der Waals surface area contributed by atoms with Crippen molar-refractivity contribution >= 4 is 34.1 Å². The van der Waals surface area contributed by atoms with Gasteiger partial charge in [-0.3, -0.25) is 24.1 Å². The van der Waals surface area contributed by atoms with E-state index in [1.54, 1.807) is 11.8 Å². The number of fused-ring (bicyclic) bond motifs is 1. The molecule has 3 aromatic rings. The van der Waals surface area contributed by atoms with Gasteiger partial charge in [0.25, 0.3) is 5.56 Å². The molecule has 0 radical (unpaired) electrons. The van der Waals surface area contributed by atoms with E-state index in [2.05, 4.69) is 36.2 Å². The van der Waals surface area contributed by atoms with E-state index in [9.17, 15) is 14.4 Å². The molecule has 1 saturated heterocycles. The van der Waals surface area contributed by atoms with Gasteiger partial charge >= 0.3 is 11.7 Å². The van der Waals surface area contributed by atoms with Crippen molar-refractivity contribution in [1.29, 1.82) is 5.41 Å². The van der Waals surface area contributed by atoms with Gasteiger partial charge in [0, 0.05) is 27.2 Å². The number of nitrogens with zero attached hydrogens (tertiary/aromatic N) is 5. The minimum absolute atomic E-state index is 0.108. The minimum Gasteiger partial charge on any atom is -0.480 e. The second kappa shape index (κ2) is 8.80. The molecule has 1 aromatic carbocycles. The molecule has 1 fully saturated rings. The van der Waals surface area contributed by atoms with E-state index < -0.39 is 17.2 Å². The first-order chi connectivity index (χ1) is 14.6. The van der Waals surface area contributed by atoms with Gasteiger partial charge in [0.2, 0.25) is 0 Å². The Hall–Kier alpha value is -3.34. The van der Waals surface area contributed by atoms with Crippen LogP contribution in [0.15, 0.2) is 46.2 Å². The number of carbonyl (C=O) groups is 1. The number of nitrogens with one attached hydrogen (secondary N) is 1. The van der Waals surface area contributed by atoms with Crippen LogP contribution in [-0.4, -0.2) is 52.9 Å². The van der Waals surface area contributed by atoms with Crippen molar-refractivity contribution in [1.82, 2.24) is 23.6 Å². The fourth-order valence-electron chi connectivity index (χ4n) is 3.34. The van der Waals surface area contributed by atoms with E-state index in [1.807, 2.05) is 18.0 Å². The van der Waals surface area contributed by atoms with Crippen LogP contribution in [0, 0.1) is 5.41 Å². The number of imidazole rings is 1. The topological polar surface area (TPSA) is 126 Å². The lowest BCUT2D eigenvalue weighted by Crippen LogP contribution is -2.37. The van der Waals surface area contributed by atoms with Gasteiger partial charge in [-0.15, -0.1) is 0 Å². The number of amidine groups is 1. The Kier molecular flexibility index (Phi) is 6.34. The van der Waals surface area contributed by atoms with E-state index in [-0.39, 0.29) is 17.7 Å². The molecule has 10 nitrogen and oxygen atoms in total. The maximum atomic E-state index is 11.9. The lowest BCUT2D eigenvalue weighted by atomic mass is 10.1. The van der Waals surface area contributed by atoms with E-state index in [0.717, 1.165) is 4.57 Å². The van der Waals surface area contributed by atoms with Crippen LogP contribution in [0.3, 0.4) is 0 Å². The van der Waals surface area contributed by atoms with Crippen LogP contribution in [0.5, 0.6) is 0 Å². The average molecular weight is 445 g/mol. The maximum Gasteiger partial charge on any atom is 0.332 e. The van der Waals surface area contributed by atoms with Crippen molar-refractivity contribution in [3.63, 3.8) is 0 Å². The summed E-state index contributed by atoms with van der Waals surface area (Å²) in [6.07, 6.45) is 1.24. The molecule has 1 aliphatic rings. The van der Waals surface area contributed by atoms with Crippen molar-refractivity contribution < 1.29 is 9.90 Å². The summed E-state index contributed by atoms with van der Waals surface area (Å²) in [6.45, 7) is 1.80. The Labute approximate surface area is 182 Å². The highest BCUT2D eigenvalue weighted by atomic mass is 32.2. The Balaban J connectivity index is 0.000000179. The Morgan fingerprint density at radius 1 is 1.16 bits per heavy atom. The van der Waals surface area contributed by atoms with Crippen LogP contribution in [0.1, 0.15) is 17.7 Å². The average Bonchev–Trinajstić information content (AvgIpc) is 3.27. The SMILES string of the molecule is CC1C(c2ccccc2)SC(=N)N1C.Cn1c(=O)c2c(ncn2CC(=O)O)n(C)c1=O. The van der Waals surface area contributed by atoms with Gasteiger partial charge in [0.15, 0.2) is 16.3 Å². The lowest BCUT2D eigenvalue weighted by Gasteiger charge is -2.19. The number of aliphatic carboxylic acids is 1. The van der Waals surface area contributed by atoms with Gasteiger partial charge in [0.1, 0.15) is 6.54 Å². The zero-order valence-electron chi connectivity index (χ0n) is 17.6. The summed E-state index contributed by atoms with van der Waals surface area (Å²) in [6, 6.07) is 10.8. The summed E-state index contributed by atoms with van der Waals surface area (Å²) >= 11 is 1.64. The molecule has 0 amide bonds. The van der Waals surface area contributed by atoms with E-state index in [4.69, 9.17) is 10.5 Å². The zero-order valence-corrected chi connectivity index (χ0v) is 18.5. The molecule has 0 aliphatic carbocycles. The molecule has 0 spiro atoms. The summed E-state index contributed by atoms with van der Waals surface area (Å²) in [5.41, 5.74) is 0.556. The number of thioether (sulfide) groups is 1. The van der Waals surface area contributed by atoms with Gasteiger partial charge < -0.3 is 14.6 Å². The fraction of sp³-hybridized carbons (Fsp3) is 0.350. The number of aryl methyl sites for hydroxylation is 1. The van der Waals surface area contributed by atoms with Gasteiger partial charge in [-0.2, -0.15) is 0 Å². The lowest BCUT2D eigenvalue weighted by molar-refractivity contribution is -0.137. The number of aromatic nitrogens is 4. The first-order valence-electron chi connectivity index (χ1n) is 9.49. The third kappa shape index (κ3) is 4.26. The number of carboxylic acids is 1. The Morgan fingerprint density at radius 3 is 2.35 bits per heavy atom. The van der Waals surface area contributed by atoms with Gasteiger partial charge in [-0.25, -0.2) is 9.78 Å². The number of likely N-dealkylation sites (N-methyl/N-ethyl adjacent to an activating group) is 1. The maximum absolute atomic E-state index is 11.9. The molecule has 1 aliphatic heterocycles. The number of hydrogen-bond donors (Lipinski definition) is 2. The second-order valence-corrected chi connectivity index (χ2v) is 8.38. The van der Waals surface area contributed by atoms with E-state index in [0.29, 0.717) is 16.5 Å². The normalized spacial score (nSPS) is 18.2. The molecule has 11 heteroatoms. The Bertz CT molecular complexity index is 1250. The molecular formula is C20H24N6O4S. The largest absolute Gasteiger partial charge is 0.480 e. The first-order valence-corrected chi connectivity index (χ1v) is 10.4. The summed E-state index contributed by atoms with van der Waals surface area (Å²) in [5, 5.41) is 17.5. The molecular weight excluding hydrogens is 420 g/mol. The van der Waals surface area contributed by atoms with Crippen LogP contribution in [0.25, 0.3) is 11.2 Å². The van der Waals surface area contributed by atoms with Gasteiger partial charge in [-0.05, 0) is 12.5 Å². The van der Waals surface area contributed by atoms with Crippen LogP contribution >= 0.6 is 11.8 Å². The highest BCUT2D eigenvalue weighted by Crippen LogP contribution is 2.41. The molecule has 2 unspecified atom stereocenters. The van der Waals surface area contributed by atoms with E-state index >= 15 is 0 Å². The van der Waals surface area contributed by atoms with Crippen molar-refractivity contribution in [2.45, 2.75) is 24.8 Å². The Morgan fingerprint density at radius 2 is 1.81 bits per heavy atom. The summed E-state index contributed by atoms with van der Waals surface area (Å²) in [5.74, 6) is -1.08. The smallest absolute Gasteiger partial charge is 0.332 e. The predicted molar refractivity (Wildman–Crippen MR) is 120 cm³/mol. The third-order valence-electron chi connectivity index (χ3n) is 5.26. The first kappa shape index (κ1) is 22.3. The second-order valence-electron chi connectivity index (χ2n) is 7.25. The van der Waals surface area contributed by atoms with Crippen molar-refractivity contribution in [2.75, 3.05) is 7.05 Å². The molecule has 2 N–H and O–H groups in total. The van der Waals surface area contributed by atoms with Crippen LogP contribution in [0.4, 0.5) is 0 Å². The number of carboxylic acid groups (broad SMARTS) is 1. The molecule has 4 rings (SSSR count). The molecule has 3 heterocycles. The molecule has 164 valence electrons. The van der Waals surface area contributed by atoms with Crippen LogP contribution in [0.2, 0.25) is 0 Å². The van der Waals surface area contributed by atoms with Gasteiger partial charge in [0.05, 0.1) is 11.6 Å². The number of benzene rings is 1. The monoisotopic (exact) mass is 444 g/mol. The molecule has 2 atom stereocenters.